The van der Waals surface area contributed by atoms with Gasteiger partial charge in [-0.2, -0.15) is 23.0 Å². The Morgan fingerprint density at radius 1 is 1.20 bits per heavy atom. The minimum Gasteiger partial charge on any atom is -0.449 e. The molecule has 0 radical (unpaired) electrons. The molecule has 0 saturated heterocycles. The number of alkyl halides is 3. The zero-order chi connectivity index (χ0) is 18.2. The van der Waals surface area contributed by atoms with E-state index in [2.05, 4.69) is 20.1 Å². The van der Waals surface area contributed by atoms with Gasteiger partial charge in [0.1, 0.15) is 18.4 Å². The molecule has 25 heavy (non-hydrogen) atoms. The summed E-state index contributed by atoms with van der Waals surface area (Å²) >= 11 is 11.5. The normalized spacial score (nSPS) is 11.6. The fraction of sp³-hybridized carbons (Fsp3) is 0.0769. The molecule has 0 aliphatic rings. The first-order valence-corrected chi connectivity index (χ1v) is 7.20. The van der Waals surface area contributed by atoms with Gasteiger partial charge in [0.05, 0.1) is 10.0 Å². The third-order valence-corrected chi connectivity index (χ3v) is 3.62. The Balaban J connectivity index is 2.12. The number of rotatable bonds is 3. The van der Waals surface area contributed by atoms with Crippen LogP contribution in [0, 0.1) is 0 Å². The Labute approximate surface area is 147 Å². The van der Waals surface area contributed by atoms with Crippen molar-refractivity contribution in [2.24, 2.45) is 0 Å². The van der Waals surface area contributed by atoms with Crippen LogP contribution >= 0.6 is 23.2 Å². The minimum absolute atomic E-state index is 0.0522. The zero-order valence-electron chi connectivity index (χ0n) is 11.9. The van der Waals surface area contributed by atoms with Crippen LogP contribution in [-0.4, -0.2) is 24.7 Å². The van der Waals surface area contributed by atoms with Gasteiger partial charge < -0.3 is 4.74 Å². The van der Waals surface area contributed by atoms with Crippen molar-refractivity contribution in [2.45, 2.75) is 6.18 Å². The van der Waals surface area contributed by atoms with Gasteiger partial charge in [-0.25, -0.2) is 9.97 Å². The van der Waals surface area contributed by atoms with Crippen LogP contribution in [0.4, 0.5) is 13.2 Å². The summed E-state index contributed by atoms with van der Waals surface area (Å²) in [6.07, 6.45) is -2.79. The lowest BCUT2D eigenvalue weighted by molar-refractivity contribution is -0.142. The summed E-state index contributed by atoms with van der Waals surface area (Å²) in [5, 5.41) is 3.85. The number of nitrogens with one attached hydrogen (secondary N) is 1. The number of benzene rings is 1. The van der Waals surface area contributed by atoms with Gasteiger partial charge in [0.2, 0.25) is 11.7 Å². The summed E-state index contributed by atoms with van der Waals surface area (Å²) in [6.45, 7) is 0. The molecule has 130 valence electrons. The second-order valence-corrected chi connectivity index (χ2v) is 5.40. The third kappa shape index (κ3) is 3.59. The van der Waals surface area contributed by atoms with Crippen molar-refractivity contribution in [2.75, 3.05) is 0 Å². The highest BCUT2D eigenvalue weighted by Gasteiger charge is 2.39. The van der Waals surface area contributed by atoms with Gasteiger partial charge in [0.25, 0.3) is 5.56 Å². The van der Waals surface area contributed by atoms with E-state index in [0.717, 1.165) is 17.3 Å². The second kappa shape index (κ2) is 6.37. The van der Waals surface area contributed by atoms with E-state index < -0.39 is 29.1 Å². The SMILES string of the molecule is O=c1[nH]c(-n2cncn2)nc(C(F)(F)F)c1Oc1ccc(Cl)c(Cl)c1. The first-order chi connectivity index (χ1) is 11.8. The summed E-state index contributed by atoms with van der Waals surface area (Å²) in [4.78, 5) is 21.2. The number of aromatic nitrogens is 5. The summed E-state index contributed by atoms with van der Waals surface area (Å²) in [7, 11) is 0. The first kappa shape index (κ1) is 17.2. The monoisotopic (exact) mass is 391 g/mol. The van der Waals surface area contributed by atoms with Crippen LogP contribution in [0.1, 0.15) is 5.69 Å². The van der Waals surface area contributed by atoms with Crippen molar-refractivity contribution in [1.29, 1.82) is 0 Å². The number of hydrogen-bond donors (Lipinski definition) is 1. The molecule has 0 atom stereocenters. The van der Waals surface area contributed by atoms with Crippen molar-refractivity contribution in [3.63, 3.8) is 0 Å². The maximum atomic E-state index is 13.3. The lowest BCUT2D eigenvalue weighted by Crippen LogP contribution is -2.22. The topological polar surface area (TPSA) is 85.7 Å². The number of hydrogen-bond acceptors (Lipinski definition) is 5. The molecule has 12 heteroatoms. The predicted octanol–water partition coefficient (Wildman–Crippen LogP) is 3.47. The van der Waals surface area contributed by atoms with E-state index >= 15 is 0 Å². The maximum absolute atomic E-state index is 13.3. The standard InChI is InChI=1S/C13H6Cl2F3N5O2/c14-7-2-1-6(3-8(7)15)25-9-10(13(16,17)18)21-12(22-11(9)24)23-5-19-4-20-23/h1-5H,(H,21,22,24). The fourth-order valence-electron chi connectivity index (χ4n) is 1.82. The Hall–Kier alpha value is -2.59. The Morgan fingerprint density at radius 2 is 1.96 bits per heavy atom. The van der Waals surface area contributed by atoms with Crippen LogP contribution < -0.4 is 10.3 Å². The summed E-state index contributed by atoms with van der Waals surface area (Å²) in [5.74, 6) is -1.60. The number of halogens is 5. The van der Waals surface area contributed by atoms with Crippen molar-refractivity contribution < 1.29 is 17.9 Å². The average Bonchev–Trinajstić information content (AvgIpc) is 3.06. The molecule has 0 bridgehead atoms. The highest BCUT2D eigenvalue weighted by atomic mass is 35.5. The number of aromatic amines is 1. The van der Waals surface area contributed by atoms with Crippen molar-refractivity contribution >= 4 is 23.2 Å². The van der Waals surface area contributed by atoms with Crippen molar-refractivity contribution in [3.8, 4) is 17.4 Å². The van der Waals surface area contributed by atoms with Gasteiger partial charge in [-0.1, -0.05) is 23.2 Å². The lowest BCUT2D eigenvalue weighted by Gasteiger charge is -2.13. The van der Waals surface area contributed by atoms with Crippen molar-refractivity contribution in [3.05, 3.63) is 56.9 Å². The number of H-pyrrole nitrogens is 1. The maximum Gasteiger partial charge on any atom is 0.437 e. The van der Waals surface area contributed by atoms with Crippen LogP contribution in [0.15, 0.2) is 35.6 Å². The first-order valence-electron chi connectivity index (χ1n) is 6.45. The van der Waals surface area contributed by atoms with E-state index in [1.165, 1.54) is 18.2 Å². The molecule has 3 aromatic rings. The van der Waals surface area contributed by atoms with Gasteiger partial charge in [-0.05, 0) is 12.1 Å². The van der Waals surface area contributed by atoms with Gasteiger partial charge in [-0.15, -0.1) is 0 Å². The van der Waals surface area contributed by atoms with Gasteiger partial charge in [0, 0.05) is 6.07 Å². The quantitative estimate of drug-likeness (QED) is 0.738. The summed E-state index contributed by atoms with van der Waals surface area (Å²) in [5.41, 5.74) is -2.67. The molecule has 1 aromatic carbocycles. The molecule has 1 N–H and O–H groups in total. The average molecular weight is 392 g/mol. The fourth-order valence-corrected chi connectivity index (χ4v) is 2.11. The van der Waals surface area contributed by atoms with E-state index in [9.17, 15) is 18.0 Å². The third-order valence-electron chi connectivity index (χ3n) is 2.88. The Morgan fingerprint density at radius 3 is 2.56 bits per heavy atom. The number of ether oxygens (including phenoxy) is 1. The molecule has 2 aromatic heterocycles. The molecule has 2 heterocycles. The molecule has 0 fully saturated rings. The molecule has 0 unspecified atom stereocenters. The summed E-state index contributed by atoms with van der Waals surface area (Å²) < 4.78 is 45.9. The molecule has 0 aliphatic heterocycles. The molecule has 0 aliphatic carbocycles. The Bertz CT molecular complexity index is 973. The van der Waals surface area contributed by atoms with Crippen LogP contribution in [0.3, 0.4) is 0 Å². The van der Waals surface area contributed by atoms with Gasteiger partial charge >= 0.3 is 6.18 Å². The predicted molar refractivity (Wildman–Crippen MR) is 81.3 cm³/mol. The van der Waals surface area contributed by atoms with Gasteiger partial charge in [0.15, 0.2) is 5.69 Å². The molecule has 0 amide bonds. The van der Waals surface area contributed by atoms with Crippen LogP contribution in [0.5, 0.6) is 11.5 Å². The van der Waals surface area contributed by atoms with E-state index in [0.29, 0.717) is 0 Å². The highest BCUT2D eigenvalue weighted by Crippen LogP contribution is 2.36. The number of nitrogens with zero attached hydrogens (tertiary/aromatic N) is 4. The van der Waals surface area contributed by atoms with Crippen LogP contribution in [-0.2, 0) is 6.18 Å². The highest BCUT2D eigenvalue weighted by molar-refractivity contribution is 6.42. The van der Waals surface area contributed by atoms with Gasteiger partial charge in [-0.3, -0.25) is 9.78 Å². The molecule has 7 nitrogen and oxygen atoms in total. The zero-order valence-corrected chi connectivity index (χ0v) is 13.4. The molecule has 3 rings (SSSR count). The van der Waals surface area contributed by atoms with Crippen molar-refractivity contribution in [1.82, 2.24) is 24.7 Å². The van der Waals surface area contributed by atoms with E-state index in [-0.39, 0.29) is 15.8 Å². The Kier molecular flexibility index (Phi) is 4.39. The minimum atomic E-state index is -4.95. The van der Waals surface area contributed by atoms with Crippen LogP contribution in [0.25, 0.3) is 5.95 Å². The van der Waals surface area contributed by atoms with Crippen LogP contribution in [0.2, 0.25) is 10.0 Å². The molecule has 0 saturated carbocycles. The van der Waals surface area contributed by atoms with E-state index in [4.69, 9.17) is 27.9 Å². The molecular formula is C13H6Cl2F3N5O2. The van der Waals surface area contributed by atoms with E-state index in [1.54, 1.807) is 0 Å². The van der Waals surface area contributed by atoms with E-state index in [1.807, 2.05) is 0 Å². The molecule has 0 spiro atoms. The second-order valence-electron chi connectivity index (χ2n) is 4.58. The smallest absolute Gasteiger partial charge is 0.437 e. The lowest BCUT2D eigenvalue weighted by atomic mass is 10.3. The summed E-state index contributed by atoms with van der Waals surface area (Å²) in [6, 6.07) is 3.76. The molecular weight excluding hydrogens is 386 g/mol. The largest absolute Gasteiger partial charge is 0.449 e.